The van der Waals surface area contributed by atoms with E-state index in [-0.39, 0.29) is 78.5 Å². The van der Waals surface area contributed by atoms with Gasteiger partial charge in [0.1, 0.15) is 0 Å². The van der Waals surface area contributed by atoms with Crippen molar-refractivity contribution in [3.63, 3.8) is 0 Å². The molecule has 0 unspecified atom stereocenters. The number of hydrogen-bond donors (Lipinski definition) is 3. The van der Waals surface area contributed by atoms with Crippen LogP contribution in [0.1, 0.15) is 14.3 Å². The van der Waals surface area contributed by atoms with Crippen LogP contribution >= 0.6 is 0 Å². The normalized spacial score (nSPS) is 9.60. The predicted octanol–water partition coefficient (Wildman–Crippen LogP) is -3.52. The van der Waals surface area contributed by atoms with E-state index in [4.69, 9.17) is 15.3 Å². The van der Waals surface area contributed by atoms with E-state index in [2.05, 4.69) is 0 Å². The predicted molar refractivity (Wildman–Crippen MR) is 35.1 cm³/mol. The van der Waals surface area contributed by atoms with Crippen LogP contribution < -0.4 is 51.4 Å². The van der Waals surface area contributed by atoms with Gasteiger partial charge in [0, 0.05) is 25.7 Å². The Morgan fingerprint density at radius 1 is 1.10 bits per heavy atom. The van der Waals surface area contributed by atoms with Crippen molar-refractivity contribution in [3.8, 4) is 0 Å². The maximum absolute atomic E-state index is 8.51. The molecule has 0 amide bonds. The van der Waals surface area contributed by atoms with Crippen LogP contribution in [0.3, 0.4) is 0 Å². The molecule has 0 bridgehead atoms. The second kappa shape index (κ2) is 10.5. The van der Waals surface area contributed by atoms with Crippen LogP contribution in [0.4, 0.5) is 0 Å². The average Bonchev–Trinajstić information content (AvgIpc) is 1.91. The molecule has 0 aliphatic heterocycles. The van der Waals surface area contributed by atoms with Crippen molar-refractivity contribution in [3.05, 3.63) is 0 Å². The Bertz CT molecular complexity index is 61.8. The van der Waals surface area contributed by atoms with Gasteiger partial charge < -0.3 is 16.7 Å². The first-order valence-corrected chi connectivity index (χ1v) is 3.17. The third kappa shape index (κ3) is 7.62. The van der Waals surface area contributed by atoms with Gasteiger partial charge in [0.15, 0.2) is 0 Å². The second-order valence-corrected chi connectivity index (χ2v) is 2.10. The smallest absolute Gasteiger partial charge is 1.00 e. The van der Waals surface area contributed by atoms with E-state index in [1.807, 2.05) is 0 Å². The molecule has 0 atom stereocenters. The van der Waals surface area contributed by atoms with Crippen molar-refractivity contribution < 1.29 is 68.1 Å². The minimum Gasteiger partial charge on any atom is -1.00 e. The molecule has 0 aromatic rings. The van der Waals surface area contributed by atoms with E-state index in [0.29, 0.717) is 12.8 Å². The summed E-state index contributed by atoms with van der Waals surface area (Å²) >= 11 is 0. The average molecular weight is 174 g/mol. The molecule has 0 rings (SSSR count). The van der Waals surface area contributed by atoms with Crippen LogP contribution in [0.25, 0.3) is 0 Å². The third-order valence-electron chi connectivity index (χ3n) is 1.29. The zero-order valence-corrected chi connectivity index (χ0v) is 9.58. The molecule has 0 saturated heterocycles. The molecule has 3 nitrogen and oxygen atoms in total. The fraction of sp³-hybridized carbons (Fsp3) is 1.00. The topological polar surface area (TPSA) is 60.7 Å². The van der Waals surface area contributed by atoms with Crippen molar-refractivity contribution in [2.24, 2.45) is 5.92 Å². The van der Waals surface area contributed by atoms with Gasteiger partial charge in [-0.05, 0) is 12.8 Å². The Hall–Kier alpha value is 1.52. The molecule has 10 heavy (non-hydrogen) atoms. The summed E-state index contributed by atoms with van der Waals surface area (Å²) in [5, 5.41) is 25.4. The Morgan fingerprint density at radius 3 is 1.90 bits per heavy atom. The fourth-order valence-electron chi connectivity index (χ4n) is 0.620. The maximum Gasteiger partial charge on any atom is 1.00 e. The van der Waals surface area contributed by atoms with Gasteiger partial charge >= 0.3 is 51.4 Å². The molecule has 0 fully saturated rings. The van der Waals surface area contributed by atoms with E-state index >= 15 is 0 Å². The monoisotopic (exact) mass is 174 g/mol. The SMILES string of the molecule is OCCCC(CO)CO.[H-].[K+]. The van der Waals surface area contributed by atoms with Crippen LogP contribution in [0.2, 0.25) is 0 Å². The van der Waals surface area contributed by atoms with Crippen LogP contribution in [-0.2, 0) is 0 Å². The van der Waals surface area contributed by atoms with E-state index < -0.39 is 0 Å². The Morgan fingerprint density at radius 2 is 1.60 bits per heavy atom. The van der Waals surface area contributed by atoms with Crippen molar-refractivity contribution in [1.82, 2.24) is 0 Å². The Labute approximate surface area is 105 Å². The molecule has 4 heteroatoms. The molecule has 0 aliphatic rings. The summed E-state index contributed by atoms with van der Waals surface area (Å²) in [6.07, 6.45) is 1.36. The van der Waals surface area contributed by atoms with Gasteiger partial charge in [-0.3, -0.25) is 0 Å². The number of rotatable bonds is 5. The van der Waals surface area contributed by atoms with E-state index in [9.17, 15) is 0 Å². The van der Waals surface area contributed by atoms with Crippen LogP contribution in [0, 0.1) is 5.92 Å². The van der Waals surface area contributed by atoms with Gasteiger partial charge in [0.05, 0.1) is 0 Å². The first kappa shape index (κ1) is 14.1. The second-order valence-electron chi connectivity index (χ2n) is 2.10. The van der Waals surface area contributed by atoms with E-state index in [0.717, 1.165) is 0 Å². The summed E-state index contributed by atoms with van der Waals surface area (Å²) in [7, 11) is 0. The molecule has 0 spiro atoms. The first-order chi connectivity index (χ1) is 4.35. The maximum atomic E-state index is 8.51. The summed E-state index contributed by atoms with van der Waals surface area (Å²) in [6, 6.07) is 0. The molecular formula is C6H15KO3. The van der Waals surface area contributed by atoms with Gasteiger partial charge in [-0.25, -0.2) is 0 Å². The third-order valence-corrected chi connectivity index (χ3v) is 1.29. The molecule has 0 radical (unpaired) electrons. The molecular weight excluding hydrogens is 159 g/mol. The van der Waals surface area contributed by atoms with Crippen molar-refractivity contribution in [2.75, 3.05) is 19.8 Å². The van der Waals surface area contributed by atoms with Crippen molar-refractivity contribution in [1.29, 1.82) is 0 Å². The zero-order chi connectivity index (χ0) is 7.11. The molecule has 0 heterocycles. The van der Waals surface area contributed by atoms with Gasteiger partial charge in [-0.1, -0.05) is 0 Å². The Balaban J connectivity index is -0.000000320. The minimum absolute atomic E-state index is 0. The summed E-state index contributed by atoms with van der Waals surface area (Å²) in [6.45, 7) is 0.156. The first-order valence-electron chi connectivity index (χ1n) is 3.17. The number of aliphatic hydroxyl groups is 3. The largest absolute Gasteiger partial charge is 1.00 e. The molecule has 0 aromatic carbocycles. The summed E-state index contributed by atoms with van der Waals surface area (Å²) in [4.78, 5) is 0. The van der Waals surface area contributed by atoms with Gasteiger partial charge in [0.25, 0.3) is 0 Å². The molecule has 0 saturated carbocycles. The standard InChI is InChI=1S/C6H14O3.K.H/c7-3-1-2-6(4-8)5-9;;/h6-9H,1-5H2;;/q;+1;-1. The summed E-state index contributed by atoms with van der Waals surface area (Å²) in [5.41, 5.74) is 0. The molecule has 3 N–H and O–H groups in total. The summed E-state index contributed by atoms with van der Waals surface area (Å²) < 4.78 is 0. The molecule has 58 valence electrons. The van der Waals surface area contributed by atoms with Gasteiger partial charge in [-0.15, -0.1) is 0 Å². The van der Waals surface area contributed by atoms with Gasteiger partial charge in [0.2, 0.25) is 0 Å². The molecule has 0 aromatic heterocycles. The number of hydrogen-bond acceptors (Lipinski definition) is 3. The minimum atomic E-state index is -0.0443. The van der Waals surface area contributed by atoms with Gasteiger partial charge in [-0.2, -0.15) is 0 Å². The van der Waals surface area contributed by atoms with E-state index in [1.165, 1.54) is 0 Å². The van der Waals surface area contributed by atoms with Crippen LogP contribution in [0.5, 0.6) is 0 Å². The van der Waals surface area contributed by atoms with Crippen molar-refractivity contribution >= 4 is 0 Å². The van der Waals surface area contributed by atoms with Crippen LogP contribution in [-0.4, -0.2) is 35.1 Å². The fourth-order valence-corrected chi connectivity index (χ4v) is 0.620. The van der Waals surface area contributed by atoms with E-state index in [1.54, 1.807) is 0 Å². The Kier molecular flexibility index (Phi) is 14.8. The van der Waals surface area contributed by atoms with Crippen molar-refractivity contribution in [2.45, 2.75) is 12.8 Å². The zero-order valence-electron chi connectivity index (χ0n) is 7.45. The molecule has 0 aliphatic carbocycles. The van der Waals surface area contributed by atoms with Crippen LogP contribution in [0.15, 0.2) is 0 Å². The summed E-state index contributed by atoms with van der Waals surface area (Å²) in [5.74, 6) is -0.0443. The number of aliphatic hydroxyl groups excluding tert-OH is 3. The quantitative estimate of drug-likeness (QED) is 0.379.